The van der Waals surface area contributed by atoms with Crippen molar-refractivity contribution in [3.8, 4) is 0 Å². The number of nitrogens with zero attached hydrogens (tertiary/aromatic N) is 1. The summed E-state index contributed by atoms with van der Waals surface area (Å²) < 4.78 is 0. The summed E-state index contributed by atoms with van der Waals surface area (Å²) in [6.07, 6.45) is 4.80. The molecule has 0 aliphatic carbocycles. The molecule has 1 saturated heterocycles. The highest BCUT2D eigenvalue weighted by Gasteiger charge is 2.41. The number of carbonyl (C=O) groups is 1. The van der Waals surface area contributed by atoms with Gasteiger partial charge in [0.15, 0.2) is 0 Å². The number of aromatic amines is 1. The first-order chi connectivity index (χ1) is 9.61. The molecule has 0 spiro atoms. The summed E-state index contributed by atoms with van der Waals surface area (Å²) >= 11 is 0. The average Bonchev–Trinajstić information content (AvgIpc) is 2.85. The Labute approximate surface area is 118 Å². The van der Waals surface area contributed by atoms with Gasteiger partial charge in [-0.3, -0.25) is 9.69 Å². The highest BCUT2D eigenvalue weighted by Crippen LogP contribution is 2.31. The summed E-state index contributed by atoms with van der Waals surface area (Å²) in [5.41, 5.74) is 1.54. The number of hydrogen-bond donors (Lipinski definition) is 2. The van der Waals surface area contributed by atoms with E-state index < -0.39 is 11.5 Å². The van der Waals surface area contributed by atoms with Crippen LogP contribution < -0.4 is 0 Å². The fourth-order valence-corrected chi connectivity index (χ4v) is 3.14. The molecule has 1 fully saturated rings. The molecule has 4 heteroatoms. The number of hydrogen-bond acceptors (Lipinski definition) is 2. The zero-order valence-corrected chi connectivity index (χ0v) is 11.7. The molecule has 1 atom stereocenters. The number of nitrogens with one attached hydrogen (secondary N) is 1. The number of fused-ring (bicyclic) bond motifs is 1. The summed E-state index contributed by atoms with van der Waals surface area (Å²) in [4.78, 5) is 17.0. The fourth-order valence-electron chi connectivity index (χ4n) is 3.14. The summed E-state index contributed by atoms with van der Waals surface area (Å²) in [6, 6.07) is 8.16. The van der Waals surface area contributed by atoms with Crippen molar-refractivity contribution in [3.63, 3.8) is 0 Å². The van der Waals surface area contributed by atoms with Crippen LogP contribution in [0, 0.1) is 0 Å². The molecule has 4 nitrogen and oxygen atoms in total. The Balaban J connectivity index is 1.91. The first-order valence-electron chi connectivity index (χ1n) is 7.15. The molecule has 3 rings (SSSR count). The normalized spacial score (nSPS) is 24.1. The van der Waals surface area contributed by atoms with Gasteiger partial charge in [0.25, 0.3) is 0 Å². The van der Waals surface area contributed by atoms with Gasteiger partial charge in [-0.05, 0) is 44.4 Å². The number of likely N-dealkylation sites (tertiary alicyclic amines) is 1. The van der Waals surface area contributed by atoms with E-state index in [-0.39, 0.29) is 0 Å². The Morgan fingerprint density at radius 3 is 3.00 bits per heavy atom. The highest BCUT2D eigenvalue weighted by atomic mass is 16.4. The van der Waals surface area contributed by atoms with Crippen molar-refractivity contribution in [3.05, 3.63) is 36.0 Å². The Kier molecular flexibility index (Phi) is 3.26. The number of aromatic nitrogens is 1. The zero-order valence-electron chi connectivity index (χ0n) is 11.7. The number of H-pyrrole nitrogens is 1. The Morgan fingerprint density at radius 1 is 1.40 bits per heavy atom. The van der Waals surface area contributed by atoms with Crippen LogP contribution in [-0.2, 0) is 11.3 Å². The SMILES string of the molecule is CC1(C(=O)O)CCCCN1Cc1c[nH]c2ccccc12. The number of carboxylic acids is 1. The van der Waals surface area contributed by atoms with E-state index >= 15 is 0 Å². The number of benzene rings is 1. The molecule has 1 unspecified atom stereocenters. The van der Waals surface area contributed by atoms with Crippen LogP contribution in [-0.4, -0.2) is 33.0 Å². The van der Waals surface area contributed by atoms with Gasteiger partial charge in [0.05, 0.1) is 0 Å². The standard InChI is InChI=1S/C16H20N2O2/c1-16(15(19)20)8-4-5-9-18(16)11-12-10-17-14-7-3-2-6-13(12)14/h2-3,6-7,10,17H,4-5,8-9,11H2,1H3,(H,19,20). The molecule has 2 heterocycles. The average molecular weight is 272 g/mol. The van der Waals surface area contributed by atoms with E-state index in [4.69, 9.17) is 0 Å². The number of piperidine rings is 1. The van der Waals surface area contributed by atoms with Gasteiger partial charge in [-0.25, -0.2) is 0 Å². The lowest BCUT2D eigenvalue weighted by Crippen LogP contribution is -2.54. The van der Waals surface area contributed by atoms with Crippen molar-refractivity contribution in [1.29, 1.82) is 0 Å². The fraction of sp³-hybridized carbons (Fsp3) is 0.438. The molecule has 2 aromatic rings. The Hall–Kier alpha value is -1.81. The molecule has 1 aromatic carbocycles. The minimum atomic E-state index is -0.739. The third kappa shape index (κ3) is 2.10. The molecule has 0 bridgehead atoms. The van der Waals surface area contributed by atoms with Crippen molar-refractivity contribution in [2.45, 2.75) is 38.3 Å². The number of rotatable bonds is 3. The van der Waals surface area contributed by atoms with Gasteiger partial charge in [0, 0.05) is 23.6 Å². The maximum absolute atomic E-state index is 11.6. The molecule has 0 radical (unpaired) electrons. The molecule has 0 amide bonds. The van der Waals surface area contributed by atoms with Crippen molar-refractivity contribution in [2.24, 2.45) is 0 Å². The van der Waals surface area contributed by atoms with E-state index in [9.17, 15) is 9.90 Å². The lowest BCUT2D eigenvalue weighted by molar-refractivity contribution is -0.153. The van der Waals surface area contributed by atoms with Crippen LogP contribution in [0.25, 0.3) is 10.9 Å². The maximum Gasteiger partial charge on any atom is 0.323 e. The lowest BCUT2D eigenvalue weighted by Gasteiger charge is -2.41. The minimum Gasteiger partial charge on any atom is -0.480 e. The van der Waals surface area contributed by atoms with Crippen LogP contribution >= 0.6 is 0 Å². The highest BCUT2D eigenvalue weighted by molar-refractivity contribution is 5.83. The molecule has 2 N–H and O–H groups in total. The lowest BCUT2D eigenvalue weighted by atomic mass is 9.88. The number of para-hydroxylation sites is 1. The second-order valence-corrected chi connectivity index (χ2v) is 5.82. The van der Waals surface area contributed by atoms with Gasteiger partial charge in [-0.2, -0.15) is 0 Å². The number of aliphatic carboxylic acids is 1. The summed E-state index contributed by atoms with van der Waals surface area (Å²) in [5, 5.41) is 10.7. The third-order valence-corrected chi connectivity index (χ3v) is 4.54. The molecule has 0 saturated carbocycles. The quantitative estimate of drug-likeness (QED) is 0.903. The van der Waals surface area contributed by atoms with Crippen molar-refractivity contribution >= 4 is 16.9 Å². The smallest absolute Gasteiger partial charge is 0.323 e. The number of carboxylic acid groups (broad SMARTS) is 1. The van der Waals surface area contributed by atoms with E-state index in [0.29, 0.717) is 6.54 Å². The monoisotopic (exact) mass is 272 g/mol. The summed E-state index contributed by atoms with van der Waals surface area (Å²) in [7, 11) is 0. The Morgan fingerprint density at radius 2 is 2.20 bits per heavy atom. The molecule has 20 heavy (non-hydrogen) atoms. The van der Waals surface area contributed by atoms with Gasteiger partial charge >= 0.3 is 5.97 Å². The van der Waals surface area contributed by atoms with Crippen LogP contribution in [0.5, 0.6) is 0 Å². The van der Waals surface area contributed by atoms with Gasteiger partial charge in [-0.1, -0.05) is 18.2 Å². The van der Waals surface area contributed by atoms with E-state index in [0.717, 1.165) is 31.3 Å². The molecule has 1 aliphatic heterocycles. The molecule has 1 aromatic heterocycles. The molecular formula is C16H20N2O2. The van der Waals surface area contributed by atoms with Crippen LogP contribution in [0.3, 0.4) is 0 Å². The predicted octanol–water partition coefficient (Wildman–Crippen LogP) is 3.00. The van der Waals surface area contributed by atoms with Crippen molar-refractivity contribution in [1.82, 2.24) is 9.88 Å². The summed E-state index contributed by atoms with van der Waals surface area (Å²) in [5.74, 6) is -0.711. The third-order valence-electron chi connectivity index (χ3n) is 4.54. The predicted molar refractivity (Wildman–Crippen MR) is 78.6 cm³/mol. The van der Waals surface area contributed by atoms with E-state index in [1.807, 2.05) is 31.3 Å². The largest absolute Gasteiger partial charge is 0.480 e. The second kappa shape index (κ2) is 4.94. The van der Waals surface area contributed by atoms with E-state index in [1.165, 1.54) is 10.9 Å². The first-order valence-corrected chi connectivity index (χ1v) is 7.15. The van der Waals surface area contributed by atoms with Crippen LogP contribution in [0.2, 0.25) is 0 Å². The second-order valence-electron chi connectivity index (χ2n) is 5.82. The van der Waals surface area contributed by atoms with Crippen LogP contribution in [0.4, 0.5) is 0 Å². The maximum atomic E-state index is 11.6. The molecule has 106 valence electrons. The van der Waals surface area contributed by atoms with Crippen molar-refractivity contribution in [2.75, 3.05) is 6.54 Å². The van der Waals surface area contributed by atoms with Crippen LogP contribution in [0.15, 0.2) is 30.5 Å². The minimum absolute atomic E-state index is 0.687. The van der Waals surface area contributed by atoms with E-state index in [1.54, 1.807) is 0 Å². The van der Waals surface area contributed by atoms with Gasteiger partial charge in [0.2, 0.25) is 0 Å². The van der Waals surface area contributed by atoms with Gasteiger partial charge < -0.3 is 10.1 Å². The zero-order chi connectivity index (χ0) is 14.2. The van der Waals surface area contributed by atoms with E-state index in [2.05, 4.69) is 16.0 Å². The van der Waals surface area contributed by atoms with Gasteiger partial charge in [0.1, 0.15) is 5.54 Å². The Bertz CT molecular complexity index is 634. The molecule has 1 aliphatic rings. The topological polar surface area (TPSA) is 56.3 Å². The molecular weight excluding hydrogens is 252 g/mol. The first kappa shape index (κ1) is 13.2. The van der Waals surface area contributed by atoms with Crippen LogP contribution in [0.1, 0.15) is 31.7 Å². The van der Waals surface area contributed by atoms with Gasteiger partial charge in [-0.15, -0.1) is 0 Å². The van der Waals surface area contributed by atoms with Crippen molar-refractivity contribution < 1.29 is 9.90 Å². The summed E-state index contributed by atoms with van der Waals surface area (Å²) in [6.45, 7) is 3.39.